The molecule has 1 unspecified atom stereocenters. The molecule has 0 aliphatic rings. The van der Waals surface area contributed by atoms with Crippen LogP contribution < -0.4 is 16.0 Å². The highest BCUT2D eigenvalue weighted by Gasteiger charge is 2.06. The van der Waals surface area contributed by atoms with Gasteiger partial charge in [-0.25, -0.2) is 0 Å². The van der Waals surface area contributed by atoms with Gasteiger partial charge in [-0.3, -0.25) is 9.59 Å². The molecule has 0 saturated heterocycles. The lowest BCUT2D eigenvalue weighted by Crippen LogP contribution is -2.39. The Hall–Kier alpha value is -2.08. The van der Waals surface area contributed by atoms with Crippen LogP contribution in [0, 0.1) is 0 Å². The number of benzene rings is 1. The zero-order chi connectivity index (χ0) is 15.0. The van der Waals surface area contributed by atoms with Crippen LogP contribution in [0.25, 0.3) is 0 Å². The van der Waals surface area contributed by atoms with Gasteiger partial charge in [-0.15, -0.1) is 0 Å². The molecule has 1 atom stereocenters. The minimum atomic E-state index is -0.131. The van der Waals surface area contributed by atoms with E-state index in [-0.39, 0.29) is 24.4 Å². The van der Waals surface area contributed by atoms with Crippen molar-refractivity contribution in [2.24, 2.45) is 0 Å². The van der Waals surface area contributed by atoms with E-state index in [4.69, 9.17) is 4.74 Å². The molecule has 6 heteroatoms. The molecule has 0 fully saturated rings. The molecule has 2 amide bonds. The fraction of sp³-hybridized carbons (Fsp3) is 0.429. The Morgan fingerprint density at radius 2 is 2.00 bits per heavy atom. The number of methoxy groups -OCH3 is 1. The van der Waals surface area contributed by atoms with Crippen molar-refractivity contribution >= 4 is 23.2 Å². The minimum absolute atomic E-state index is 0.0278. The van der Waals surface area contributed by atoms with Crippen LogP contribution in [-0.2, 0) is 14.3 Å². The molecule has 0 aliphatic carbocycles. The van der Waals surface area contributed by atoms with Gasteiger partial charge in [0, 0.05) is 31.5 Å². The van der Waals surface area contributed by atoms with E-state index in [0.717, 1.165) is 5.69 Å². The molecule has 3 N–H and O–H groups in total. The summed E-state index contributed by atoms with van der Waals surface area (Å²) in [6, 6.07) is 7.16. The number of amides is 2. The summed E-state index contributed by atoms with van der Waals surface area (Å²) in [5.41, 5.74) is 1.46. The van der Waals surface area contributed by atoms with Crippen molar-refractivity contribution in [3.8, 4) is 0 Å². The van der Waals surface area contributed by atoms with Crippen LogP contribution >= 0.6 is 0 Å². The van der Waals surface area contributed by atoms with Gasteiger partial charge < -0.3 is 20.7 Å². The molecule has 6 nitrogen and oxygen atoms in total. The van der Waals surface area contributed by atoms with Crippen LogP contribution in [0.1, 0.15) is 13.8 Å². The Labute approximate surface area is 118 Å². The van der Waals surface area contributed by atoms with E-state index in [2.05, 4.69) is 16.0 Å². The van der Waals surface area contributed by atoms with Crippen molar-refractivity contribution in [1.82, 2.24) is 5.32 Å². The average molecular weight is 279 g/mol. The highest BCUT2D eigenvalue weighted by atomic mass is 16.5. The molecule has 1 rings (SSSR count). The summed E-state index contributed by atoms with van der Waals surface area (Å²) in [7, 11) is 1.59. The zero-order valence-electron chi connectivity index (χ0n) is 12.0. The number of hydrogen-bond donors (Lipinski definition) is 3. The van der Waals surface area contributed by atoms with Crippen molar-refractivity contribution in [3.05, 3.63) is 24.3 Å². The molecule has 0 radical (unpaired) electrons. The number of hydrogen-bond acceptors (Lipinski definition) is 4. The van der Waals surface area contributed by atoms with Gasteiger partial charge in [0.05, 0.1) is 13.2 Å². The quantitative estimate of drug-likeness (QED) is 0.701. The van der Waals surface area contributed by atoms with E-state index in [1.54, 1.807) is 25.3 Å². The minimum Gasteiger partial charge on any atom is -0.383 e. The maximum absolute atomic E-state index is 11.7. The summed E-state index contributed by atoms with van der Waals surface area (Å²) in [5, 5.41) is 8.49. The summed E-state index contributed by atoms with van der Waals surface area (Å²) < 4.78 is 4.94. The first-order chi connectivity index (χ1) is 9.51. The molecular weight excluding hydrogens is 258 g/mol. The van der Waals surface area contributed by atoms with Crippen LogP contribution in [0.5, 0.6) is 0 Å². The van der Waals surface area contributed by atoms with Crippen molar-refractivity contribution in [3.63, 3.8) is 0 Å². The molecule has 0 bridgehead atoms. The monoisotopic (exact) mass is 279 g/mol. The molecule has 0 heterocycles. The molecule has 0 aliphatic heterocycles. The molecule has 0 aromatic heterocycles. The fourth-order valence-electron chi connectivity index (χ4n) is 1.71. The van der Waals surface area contributed by atoms with Crippen molar-refractivity contribution < 1.29 is 14.3 Å². The van der Waals surface area contributed by atoms with E-state index in [1.165, 1.54) is 6.92 Å². The summed E-state index contributed by atoms with van der Waals surface area (Å²) in [5.74, 6) is -0.243. The Bertz CT molecular complexity index is 463. The van der Waals surface area contributed by atoms with Crippen LogP contribution in [0.3, 0.4) is 0 Å². The lowest BCUT2D eigenvalue weighted by atomic mass is 10.2. The van der Waals surface area contributed by atoms with Gasteiger partial charge >= 0.3 is 0 Å². The summed E-state index contributed by atoms with van der Waals surface area (Å²) in [6.45, 7) is 3.96. The number of anilines is 2. The average Bonchev–Trinajstić information content (AvgIpc) is 2.36. The van der Waals surface area contributed by atoms with Gasteiger partial charge in [0.2, 0.25) is 11.8 Å². The maximum Gasteiger partial charge on any atom is 0.239 e. The Balaban J connectivity index is 2.45. The zero-order valence-corrected chi connectivity index (χ0v) is 12.0. The number of nitrogens with one attached hydrogen (secondary N) is 3. The second-order valence-electron chi connectivity index (χ2n) is 4.54. The number of rotatable bonds is 7. The van der Waals surface area contributed by atoms with Gasteiger partial charge in [0.1, 0.15) is 0 Å². The molecule has 1 aromatic rings. The maximum atomic E-state index is 11.7. The topological polar surface area (TPSA) is 79.5 Å². The van der Waals surface area contributed by atoms with Crippen molar-refractivity contribution in [1.29, 1.82) is 0 Å². The van der Waals surface area contributed by atoms with Gasteiger partial charge in [-0.1, -0.05) is 6.07 Å². The first-order valence-corrected chi connectivity index (χ1v) is 6.41. The van der Waals surface area contributed by atoms with E-state index < -0.39 is 0 Å². The van der Waals surface area contributed by atoms with Crippen LogP contribution in [-0.4, -0.2) is 38.1 Å². The predicted octanol–water partition coefficient (Wildman–Crippen LogP) is 1.21. The number of carbonyl (C=O) groups is 2. The summed E-state index contributed by atoms with van der Waals surface area (Å²) >= 11 is 0. The lowest BCUT2D eigenvalue weighted by Gasteiger charge is -2.13. The molecular formula is C14H21N3O3. The highest BCUT2D eigenvalue weighted by molar-refractivity contribution is 5.89. The predicted molar refractivity (Wildman–Crippen MR) is 78.7 cm³/mol. The van der Waals surface area contributed by atoms with Crippen LogP contribution in [0.4, 0.5) is 11.4 Å². The van der Waals surface area contributed by atoms with Gasteiger partial charge in [0.25, 0.3) is 0 Å². The lowest BCUT2D eigenvalue weighted by molar-refractivity contribution is -0.120. The van der Waals surface area contributed by atoms with Crippen LogP contribution in [0.15, 0.2) is 24.3 Å². The number of carbonyl (C=O) groups excluding carboxylic acids is 2. The molecule has 1 aromatic carbocycles. The van der Waals surface area contributed by atoms with Crippen molar-refractivity contribution in [2.45, 2.75) is 19.9 Å². The number of ether oxygens (including phenoxy) is 1. The molecule has 0 spiro atoms. The molecule has 0 saturated carbocycles. The second kappa shape index (κ2) is 8.16. The highest BCUT2D eigenvalue weighted by Crippen LogP contribution is 2.14. The Morgan fingerprint density at radius 1 is 1.30 bits per heavy atom. The van der Waals surface area contributed by atoms with Gasteiger partial charge in [-0.2, -0.15) is 0 Å². The van der Waals surface area contributed by atoms with Gasteiger partial charge in [-0.05, 0) is 25.1 Å². The molecule has 110 valence electrons. The van der Waals surface area contributed by atoms with E-state index >= 15 is 0 Å². The summed E-state index contributed by atoms with van der Waals surface area (Å²) in [4.78, 5) is 22.6. The Morgan fingerprint density at radius 3 is 2.65 bits per heavy atom. The fourth-order valence-corrected chi connectivity index (χ4v) is 1.71. The normalized spacial score (nSPS) is 11.6. The standard InChI is InChI=1S/C14H21N3O3/c1-10(9-20-3)16-14(19)8-15-12-5-4-6-13(7-12)17-11(2)18/h4-7,10,15H,8-9H2,1-3H3,(H,16,19)(H,17,18). The first-order valence-electron chi connectivity index (χ1n) is 6.41. The van der Waals surface area contributed by atoms with Crippen LogP contribution in [0.2, 0.25) is 0 Å². The third kappa shape index (κ3) is 6.19. The third-order valence-electron chi connectivity index (χ3n) is 2.46. The second-order valence-corrected chi connectivity index (χ2v) is 4.54. The molecule has 20 heavy (non-hydrogen) atoms. The Kier molecular flexibility index (Phi) is 6.52. The smallest absolute Gasteiger partial charge is 0.239 e. The van der Waals surface area contributed by atoms with Crippen molar-refractivity contribution in [2.75, 3.05) is 30.9 Å². The SMILES string of the molecule is COCC(C)NC(=O)CNc1cccc(NC(C)=O)c1. The van der Waals surface area contributed by atoms with E-state index in [9.17, 15) is 9.59 Å². The largest absolute Gasteiger partial charge is 0.383 e. The van der Waals surface area contributed by atoms with E-state index in [1.807, 2.05) is 13.0 Å². The third-order valence-corrected chi connectivity index (χ3v) is 2.46. The summed E-state index contributed by atoms with van der Waals surface area (Å²) in [6.07, 6.45) is 0. The van der Waals surface area contributed by atoms with E-state index in [0.29, 0.717) is 12.3 Å². The van der Waals surface area contributed by atoms with Gasteiger partial charge in [0.15, 0.2) is 0 Å². The first kappa shape index (κ1) is 16.0.